The Morgan fingerprint density at radius 2 is 2.04 bits per heavy atom. The van der Waals surface area contributed by atoms with Gasteiger partial charge in [0.15, 0.2) is 0 Å². The van der Waals surface area contributed by atoms with Crippen molar-refractivity contribution in [3.63, 3.8) is 0 Å². The van der Waals surface area contributed by atoms with Gasteiger partial charge in [0, 0.05) is 18.7 Å². The van der Waals surface area contributed by atoms with Gasteiger partial charge < -0.3 is 9.64 Å². The lowest BCUT2D eigenvalue weighted by Gasteiger charge is -2.31. The van der Waals surface area contributed by atoms with Gasteiger partial charge in [0.25, 0.3) is 5.91 Å². The number of carbonyl (C=O) groups is 1. The molecule has 0 radical (unpaired) electrons. The summed E-state index contributed by atoms with van der Waals surface area (Å²) < 4.78 is 33.4. The van der Waals surface area contributed by atoms with E-state index in [1.54, 1.807) is 19.1 Å². The van der Waals surface area contributed by atoms with Crippen molar-refractivity contribution in [3.05, 3.63) is 65.2 Å². The highest BCUT2D eigenvalue weighted by atomic mass is 32.2. The summed E-state index contributed by atoms with van der Waals surface area (Å²) in [6.45, 7) is 2.62. The highest BCUT2D eigenvalue weighted by molar-refractivity contribution is 7.89. The first-order chi connectivity index (χ1) is 13.4. The molecular weight excluding hydrogens is 378 g/mol. The Labute approximate surface area is 164 Å². The predicted octanol–water partition coefficient (Wildman–Crippen LogP) is 1.84. The second-order valence-electron chi connectivity index (χ2n) is 6.51. The maximum atomic E-state index is 12.8. The number of nitrogens with one attached hydrogen (secondary N) is 1. The van der Waals surface area contributed by atoms with Crippen LogP contribution in [0, 0.1) is 18.3 Å². The molecule has 7 nitrogen and oxygen atoms in total. The van der Waals surface area contributed by atoms with Gasteiger partial charge in [-0.1, -0.05) is 36.4 Å². The molecule has 1 aliphatic rings. The second kappa shape index (κ2) is 8.52. The van der Waals surface area contributed by atoms with E-state index in [4.69, 9.17) is 4.74 Å². The molecular formula is C20H21N3O4S. The first-order valence-corrected chi connectivity index (χ1v) is 10.3. The van der Waals surface area contributed by atoms with Crippen molar-refractivity contribution in [2.24, 2.45) is 0 Å². The van der Waals surface area contributed by atoms with Crippen molar-refractivity contribution in [1.82, 2.24) is 9.62 Å². The molecule has 146 valence electrons. The third-order valence-electron chi connectivity index (χ3n) is 4.57. The minimum atomic E-state index is -3.81. The Balaban J connectivity index is 1.84. The van der Waals surface area contributed by atoms with Crippen molar-refractivity contribution in [2.75, 3.05) is 19.8 Å². The van der Waals surface area contributed by atoms with E-state index in [1.165, 1.54) is 11.0 Å². The number of nitrogens with zero attached hydrogens (tertiary/aromatic N) is 2. The van der Waals surface area contributed by atoms with Crippen molar-refractivity contribution in [1.29, 1.82) is 5.26 Å². The average Bonchev–Trinajstić information content (AvgIpc) is 2.72. The van der Waals surface area contributed by atoms with E-state index in [1.807, 2.05) is 36.4 Å². The quantitative estimate of drug-likeness (QED) is 0.827. The third-order valence-corrected chi connectivity index (χ3v) is 6.12. The summed E-state index contributed by atoms with van der Waals surface area (Å²) in [7, 11) is -3.81. The van der Waals surface area contributed by atoms with Crippen LogP contribution >= 0.6 is 0 Å². The number of hydrogen-bond donors (Lipinski definition) is 1. The highest BCUT2D eigenvalue weighted by Crippen LogP contribution is 2.20. The van der Waals surface area contributed by atoms with Crippen LogP contribution in [0.15, 0.2) is 53.4 Å². The Morgan fingerprint density at radius 1 is 1.29 bits per heavy atom. The summed E-state index contributed by atoms with van der Waals surface area (Å²) in [5, 5.41) is 9.23. The molecule has 1 atom stereocenters. The number of sulfonamides is 1. The molecule has 2 aromatic rings. The molecule has 0 bridgehead atoms. The molecule has 0 unspecified atom stereocenters. The zero-order valence-electron chi connectivity index (χ0n) is 15.5. The standard InChI is InChI=1S/C20H21N3O4S/c1-15-7-8-17(20(24)23-9-10-27-14-18(23)12-21)11-19(15)28(25,26)22-13-16-5-3-2-4-6-16/h2-8,11,18,22H,9-10,13-14H2,1H3/t18-/m0/s1. The molecule has 2 aromatic carbocycles. The maximum absolute atomic E-state index is 12.8. The van der Waals surface area contributed by atoms with E-state index < -0.39 is 16.1 Å². The largest absolute Gasteiger partial charge is 0.376 e. The van der Waals surface area contributed by atoms with E-state index >= 15 is 0 Å². The Morgan fingerprint density at radius 3 is 2.75 bits per heavy atom. The Kier molecular flexibility index (Phi) is 6.09. The fraction of sp³-hybridized carbons (Fsp3) is 0.300. The van der Waals surface area contributed by atoms with Crippen LogP contribution in [0.1, 0.15) is 21.5 Å². The van der Waals surface area contributed by atoms with Crippen LogP contribution in [-0.4, -0.2) is 45.0 Å². The highest BCUT2D eigenvalue weighted by Gasteiger charge is 2.29. The molecule has 0 aliphatic carbocycles. The van der Waals surface area contributed by atoms with Crippen molar-refractivity contribution >= 4 is 15.9 Å². The molecule has 1 fully saturated rings. The van der Waals surface area contributed by atoms with Crippen molar-refractivity contribution < 1.29 is 17.9 Å². The lowest BCUT2D eigenvalue weighted by atomic mass is 10.1. The fourth-order valence-corrected chi connectivity index (χ4v) is 4.28. The molecule has 28 heavy (non-hydrogen) atoms. The molecule has 0 spiro atoms. The van der Waals surface area contributed by atoms with Crippen LogP contribution in [0.25, 0.3) is 0 Å². The predicted molar refractivity (Wildman–Crippen MR) is 103 cm³/mol. The molecule has 3 rings (SSSR count). The summed E-state index contributed by atoms with van der Waals surface area (Å²) in [6.07, 6.45) is 0. The molecule has 1 N–H and O–H groups in total. The van der Waals surface area contributed by atoms with Gasteiger partial charge in [-0.25, -0.2) is 13.1 Å². The van der Waals surface area contributed by atoms with Crippen LogP contribution in [0.4, 0.5) is 0 Å². The fourth-order valence-electron chi connectivity index (χ4n) is 2.99. The zero-order valence-corrected chi connectivity index (χ0v) is 16.3. The van der Waals surface area contributed by atoms with Crippen LogP contribution in [-0.2, 0) is 21.3 Å². The summed E-state index contributed by atoms with van der Waals surface area (Å²) in [5.41, 5.74) is 1.60. The summed E-state index contributed by atoms with van der Waals surface area (Å²) in [5.74, 6) is -0.380. The topological polar surface area (TPSA) is 99.5 Å². The van der Waals surface area contributed by atoms with Gasteiger partial charge in [-0.2, -0.15) is 5.26 Å². The number of ether oxygens (including phenoxy) is 1. The second-order valence-corrected chi connectivity index (χ2v) is 8.24. The minimum absolute atomic E-state index is 0.0519. The number of aryl methyl sites for hydroxylation is 1. The van der Waals surface area contributed by atoms with E-state index in [0.717, 1.165) is 5.56 Å². The lowest BCUT2D eigenvalue weighted by molar-refractivity contribution is 0.0132. The Bertz CT molecular complexity index is 1000. The number of benzene rings is 2. The smallest absolute Gasteiger partial charge is 0.255 e. The third kappa shape index (κ3) is 4.39. The number of rotatable bonds is 5. The summed E-state index contributed by atoms with van der Waals surface area (Å²) in [6, 6.07) is 15.1. The minimum Gasteiger partial charge on any atom is -0.376 e. The number of morpholine rings is 1. The molecule has 1 saturated heterocycles. The normalized spacial score (nSPS) is 17.1. The van der Waals surface area contributed by atoms with E-state index in [9.17, 15) is 18.5 Å². The van der Waals surface area contributed by atoms with Gasteiger partial charge in [0.05, 0.1) is 24.2 Å². The van der Waals surface area contributed by atoms with Gasteiger partial charge in [-0.15, -0.1) is 0 Å². The van der Waals surface area contributed by atoms with Crippen LogP contribution in [0.3, 0.4) is 0 Å². The van der Waals surface area contributed by atoms with Gasteiger partial charge in [0.1, 0.15) is 6.04 Å². The molecule has 8 heteroatoms. The molecule has 1 amide bonds. The average molecular weight is 399 g/mol. The molecule has 1 heterocycles. The van der Waals surface area contributed by atoms with Crippen molar-refractivity contribution in [2.45, 2.75) is 24.4 Å². The lowest BCUT2D eigenvalue weighted by Crippen LogP contribution is -2.48. The summed E-state index contributed by atoms with van der Waals surface area (Å²) >= 11 is 0. The van der Waals surface area contributed by atoms with Gasteiger partial charge in [-0.3, -0.25) is 4.79 Å². The van der Waals surface area contributed by atoms with Crippen LogP contribution < -0.4 is 4.72 Å². The van der Waals surface area contributed by atoms with Gasteiger partial charge in [-0.05, 0) is 30.2 Å². The molecule has 0 aromatic heterocycles. The van der Waals surface area contributed by atoms with Crippen molar-refractivity contribution in [3.8, 4) is 6.07 Å². The maximum Gasteiger partial charge on any atom is 0.255 e. The summed E-state index contributed by atoms with van der Waals surface area (Å²) in [4.78, 5) is 14.3. The SMILES string of the molecule is Cc1ccc(C(=O)N2CCOC[C@@H]2C#N)cc1S(=O)(=O)NCc1ccccc1. The van der Waals surface area contributed by atoms with E-state index in [2.05, 4.69) is 4.72 Å². The van der Waals surface area contributed by atoms with E-state index in [-0.39, 0.29) is 29.5 Å². The number of carbonyl (C=O) groups excluding carboxylic acids is 1. The monoisotopic (exact) mass is 399 g/mol. The molecule has 0 saturated carbocycles. The van der Waals surface area contributed by atoms with Gasteiger partial charge in [0.2, 0.25) is 10.0 Å². The first-order valence-electron chi connectivity index (χ1n) is 8.85. The van der Waals surface area contributed by atoms with Crippen LogP contribution in [0.5, 0.6) is 0 Å². The number of hydrogen-bond acceptors (Lipinski definition) is 5. The number of amides is 1. The van der Waals surface area contributed by atoms with Gasteiger partial charge >= 0.3 is 0 Å². The molecule has 1 aliphatic heterocycles. The number of nitriles is 1. The van der Waals surface area contributed by atoms with Crippen LogP contribution in [0.2, 0.25) is 0 Å². The van der Waals surface area contributed by atoms with E-state index in [0.29, 0.717) is 18.7 Å². The first kappa shape index (κ1) is 20.0. The zero-order chi connectivity index (χ0) is 20.1. The Hall–Kier alpha value is -2.73.